The molecule has 2 N–H and O–H groups in total. The summed E-state index contributed by atoms with van der Waals surface area (Å²) in [5.41, 5.74) is 4.58. The third-order valence-corrected chi connectivity index (χ3v) is 7.81. The molecule has 5 rings (SSSR count). The number of aromatic nitrogens is 2. The van der Waals surface area contributed by atoms with Gasteiger partial charge in [0.05, 0.1) is 6.10 Å². The summed E-state index contributed by atoms with van der Waals surface area (Å²) in [6.45, 7) is 6.24. The van der Waals surface area contributed by atoms with E-state index in [9.17, 15) is 9.90 Å². The van der Waals surface area contributed by atoms with E-state index in [1.165, 1.54) is 16.5 Å². The molecule has 0 saturated carbocycles. The van der Waals surface area contributed by atoms with Crippen LogP contribution in [0.3, 0.4) is 0 Å². The number of amides is 1. The number of nitrogens with zero attached hydrogens (tertiary/aromatic N) is 3. The van der Waals surface area contributed by atoms with Gasteiger partial charge in [-0.05, 0) is 86.9 Å². The van der Waals surface area contributed by atoms with Gasteiger partial charge in [0.2, 0.25) is 5.91 Å². The Morgan fingerprint density at radius 1 is 1.14 bits per heavy atom. The third kappa shape index (κ3) is 5.65. The first-order valence-corrected chi connectivity index (χ1v) is 12.9. The molecule has 0 radical (unpaired) electrons. The number of rotatable bonds is 6. The van der Waals surface area contributed by atoms with Crippen LogP contribution in [-0.2, 0) is 4.79 Å². The number of pyridine rings is 1. The number of aromatic amines is 1. The first-order valence-electron chi connectivity index (χ1n) is 12.9. The summed E-state index contributed by atoms with van der Waals surface area (Å²) in [6, 6.07) is 12.3. The maximum absolute atomic E-state index is 12.6. The van der Waals surface area contributed by atoms with E-state index in [-0.39, 0.29) is 17.9 Å². The van der Waals surface area contributed by atoms with Gasteiger partial charge in [0.1, 0.15) is 5.65 Å². The lowest BCUT2D eigenvalue weighted by Gasteiger charge is -2.37. The topological polar surface area (TPSA) is 72.5 Å². The Kier molecular flexibility index (Phi) is 7.30. The zero-order valence-electron chi connectivity index (χ0n) is 20.6. The Morgan fingerprint density at radius 3 is 2.71 bits per heavy atom. The SMILES string of the molecule is Cc1cccc(C=CC(=O)N2CCC(C(O)CN3CCC(c4c[nH]c5ncccc45)CC3)CC2)c1. The fourth-order valence-corrected chi connectivity index (χ4v) is 5.71. The molecule has 1 amide bonds. The van der Waals surface area contributed by atoms with Gasteiger partial charge < -0.3 is 19.9 Å². The lowest BCUT2D eigenvalue weighted by Crippen LogP contribution is -2.45. The van der Waals surface area contributed by atoms with Crippen LogP contribution in [0.1, 0.15) is 48.3 Å². The largest absolute Gasteiger partial charge is 0.392 e. The fraction of sp³-hybridized carbons (Fsp3) is 0.448. The molecule has 6 nitrogen and oxygen atoms in total. The summed E-state index contributed by atoms with van der Waals surface area (Å²) in [6.07, 6.45) is 11.1. The maximum Gasteiger partial charge on any atom is 0.246 e. The lowest BCUT2D eigenvalue weighted by molar-refractivity contribution is -0.128. The van der Waals surface area contributed by atoms with Crippen molar-refractivity contribution >= 4 is 23.0 Å². The molecule has 2 fully saturated rings. The molecule has 1 aromatic carbocycles. The molecule has 3 aromatic rings. The molecule has 2 aromatic heterocycles. The summed E-state index contributed by atoms with van der Waals surface area (Å²) in [4.78, 5) is 24.7. The molecule has 184 valence electrons. The number of aliphatic hydroxyl groups excluding tert-OH is 1. The van der Waals surface area contributed by atoms with E-state index in [2.05, 4.69) is 46.2 Å². The van der Waals surface area contributed by atoms with Crippen molar-refractivity contribution in [2.45, 2.75) is 44.6 Å². The van der Waals surface area contributed by atoms with Crippen LogP contribution in [0.4, 0.5) is 0 Å². The number of nitrogens with one attached hydrogen (secondary N) is 1. The van der Waals surface area contributed by atoms with Crippen molar-refractivity contribution in [1.29, 1.82) is 0 Å². The average Bonchev–Trinajstić information content (AvgIpc) is 3.32. The number of H-pyrrole nitrogens is 1. The van der Waals surface area contributed by atoms with Gasteiger partial charge in [-0.3, -0.25) is 4.79 Å². The molecule has 1 atom stereocenters. The van der Waals surface area contributed by atoms with Gasteiger partial charge in [0.15, 0.2) is 0 Å². The van der Waals surface area contributed by atoms with Gasteiger partial charge in [-0.15, -0.1) is 0 Å². The summed E-state index contributed by atoms with van der Waals surface area (Å²) in [5, 5.41) is 12.2. The Hall–Kier alpha value is -2.96. The van der Waals surface area contributed by atoms with Gasteiger partial charge in [0, 0.05) is 43.5 Å². The van der Waals surface area contributed by atoms with Gasteiger partial charge >= 0.3 is 0 Å². The predicted molar refractivity (Wildman–Crippen MR) is 140 cm³/mol. The minimum atomic E-state index is -0.330. The fourth-order valence-electron chi connectivity index (χ4n) is 5.71. The van der Waals surface area contributed by atoms with Crippen LogP contribution in [0.2, 0.25) is 0 Å². The van der Waals surface area contributed by atoms with Crippen molar-refractivity contribution in [1.82, 2.24) is 19.8 Å². The van der Waals surface area contributed by atoms with Crippen LogP contribution in [-0.4, -0.2) is 69.6 Å². The minimum absolute atomic E-state index is 0.0639. The molecule has 0 bridgehead atoms. The van der Waals surface area contributed by atoms with Crippen LogP contribution < -0.4 is 0 Å². The second-order valence-corrected chi connectivity index (χ2v) is 10.2. The number of β-amino-alcohol motifs (C(OH)–C–C–N with tert-alkyl or cyclic N) is 1. The molecule has 35 heavy (non-hydrogen) atoms. The normalized spacial score (nSPS) is 19.5. The third-order valence-electron chi connectivity index (χ3n) is 7.81. The first kappa shape index (κ1) is 23.8. The van der Waals surface area contributed by atoms with Crippen molar-refractivity contribution in [3.63, 3.8) is 0 Å². The summed E-state index contributed by atoms with van der Waals surface area (Å²) < 4.78 is 0. The molecular formula is C29H36N4O2. The molecular weight excluding hydrogens is 436 g/mol. The highest BCUT2D eigenvalue weighted by atomic mass is 16.3. The predicted octanol–water partition coefficient (Wildman–Crippen LogP) is 4.36. The number of aryl methyl sites for hydroxylation is 1. The van der Waals surface area contributed by atoms with Gasteiger partial charge in [0.25, 0.3) is 0 Å². The van der Waals surface area contributed by atoms with Crippen molar-refractivity contribution in [2.24, 2.45) is 5.92 Å². The Morgan fingerprint density at radius 2 is 1.94 bits per heavy atom. The quantitative estimate of drug-likeness (QED) is 0.523. The average molecular weight is 473 g/mol. The van der Waals surface area contributed by atoms with E-state index in [4.69, 9.17) is 0 Å². The van der Waals surface area contributed by atoms with E-state index in [1.54, 1.807) is 6.08 Å². The number of carbonyl (C=O) groups excluding carboxylic acids is 1. The van der Waals surface area contributed by atoms with E-state index in [0.29, 0.717) is 5.92 Å². The van der Waals surface area contributed by atoms with Crippen molar-refractivity contribution < 1.29 is 9.90 Å². The van der Waals surface area contributed by atoms with Crippen molar-refractivity contribution in [3.8, 4) is 0 Å². The van der Waals surface area contributed by atoms with E-state index in [1.807, 2.05) is 35.4 Å². The van der Waals surface area contributed by atoms with Crippen LogP contribution in [0.25, 0.3) is 17.1 Å². The zero-order chi connectivity index (χ0) is 24.2. The number of hydrogen-bond donors (Lipinski definition) is 2. The second kappa shape index (κ2) is 10.8. The van der Waals surface area contributed by atoms with E-state index < -0.39 is 0 Å². The highest BCUT2D eigenvalue weighted by molar-refractivity contribution is 5.91. The monoisotopic (exact) mass is 472 g/mol. The minimum Gasteiger partial charge on any atom is -0.392 e. The highest BCUT2D eigenvalue weighted by Crippen LogP contribution is 2.33. The second-order valence-electron chi connectivity index (χ2n) is 10.2. The first-order chi connectivity index (χ1) is 17.1. The summed E-state index contributed by atoms with van der Waals surface area (Å²) >= 11 is 0. The molecule has 2 aliphatic rings. The number of piperidine rings is 2. The van der Waals surface area contributed by atoms with Gasteiger partial charge in [-0.25, -0.2) is 4.98 Å². The summed E-state index contributed by atoms with van der Waals surface area (Å²) in [7, 11) is 0. The number of aliphatic hydroxyl groups is 1. The Bertz CT molecular complexity index is 1170. The van der Waals surface area contributed by atoms with E-state index in [0.717, 1.165) is 69.6 Å². The number of hydrogen-bond acceptors (Lipinski definition) is 4. The zero-order valence-corrected chi connectivity index (χ0v) is 20.6. The standard InChI is InChI=1S/C29H36N4O2/c1-21-4-2-5-22(18-21)7-8-28(35)33-16-11-24(12-17-33)27(34)20-32-14-9-23(10-15-32)26-19-31-29-25(26)6-3-13-30-29/h2-8,13,18-19,23-24,27,34H,9-12,14-17,20H2,1H3,(H,30,31). The van der Waals surface area contributed by atoms with Gasteiger partial charge in [-0.1, -0.05) is 29.8 Å². The number of likely N-dealkylation sites (tertiary alicyclic amines) is 2. The van der Waals surface area contributed by atoms with Crippen LogP contribution in [0.5, 0.6) is 0 Å². The molecule has 2 aliphatic heterocycles. The smallest absolute Gasteiger partial charge is 0.246 e. The molecule has 4 heterocycles. The van der Waals surface area contributed by atoms with Crippen molar-refractivity contribution in [3.05, 3.63) is 71.6 Å². The maximum atomic E-state index is 12.6. The Balaban J connectivity index is 1.07. The summed E-state index contributed by atoms with van der Waals surface area (Å²) in [5.74, 6) is 0.870. The van der Waals surface area contributed by atoms with Crippen molar-refractivity contribution in [2.75, 3.05) is 32.7 Å². The molecule has 1 unspecified atom stereocenters. The molecule has 6 heteroatoms. The molecule has 0 aliphatic carbocycles. The highest BCUT2D eigenvalue weighted by Gasteiger charge is 2.30. The molecule has 0 spiro atoms. The Labute approximate surface area is 207 Å². The van der Waals surface area contributed by atoms with Crippen LogP contribution in [0.15, 0.2) is 54.9 Å². The molecule has 2 saturated heterocycles. The lowest BCUT2D eigenvalue weighted by atomic mass is 9.88. The van der Waals surface area contributed by atoms with Crippen LogP contribution in [0, 0.1) is 12.8 Å². The number of benzene rings is 1. The van der Waals surface area contributed by atoms with E-state index >= 15 is 0 Å². The van der Waals surface area contributed by atoms with Crippen LogP contribution >= 0.6 is 0 Å². The number of carbonyl (C=O) groups is 1. The van der Waals surface area contributed by atoms with Gasteiger partial charge in [-0.2, -0.15) is 0 Å². The number of fused-ring (bicyclic) bond motifs is 1.